The molecule has 10 nitrogen and oxygen atoms in total. The molecule has 174 valence electrons. The number of fused-ring (bicyclic) bond motifs is 1. The van der Waals surface area contributed by atoms with Crippen molar-refractivity contribution in [3.63, 3.8) is 0 Å². The van der Waals surface area contributed by atoms with E-state index >= 15 is 0 Å². The summed E-state index contributed by atoms with van der Waals surface area (Å²) in [5.41, 5.74) is 0.822. The Balaban J connectivity index is 1.56. The summed E-state index contributed by atoms with van der Waals surface area (Å²) in [5.74, 6) is -1.12. The summed E-state index contributed by atoms with van der Waals surface area (Å²) in [7, 11) is 0. The molecule has 2 fully saturated rings. The van der Waals surface area contributed by atoms with Gasteiger partial charge in [0, 0.05) is 11.7 Å². The number of nitrogens with zero attached hydrogens (tertiary/aromatic N) is 1. The number of nitrogens with one attached hydrogen (secondary N) is 1. The van der Waals surface area contributed by atoms with E-state index < -0.39 is 52.6 Å². The zero-order valence-corrected chi connectivity index (χ0v) is 19.0. The molecule has 2 aliphatic rings. The molecule has 0 radical (unpaired) electrons. The van der Waals surface area contributed by atoms with Gasteiger partial charge < -0.3 is 29.2 Å². The number of benzene rings is 1. The zero-order valence-electron chi connectivity index (χ0n) is 18.2. The second-order valence-corrected chi connectivity index (χ2v) is 9.52. The summed E-state index contributed by atoms with van der Waals surface area (Å²) < 4.78 is 19.2. The van der Waals surface area contributed by atoms with Crippen molar-refractivity contribution in [2.45, 2.75) is 62.8 Å². The molecule has 1 unspecified atom stereocenters. The molecule has 0 aromatic heterocycles. The molecular weight excluding hydrogens is 440 g/mol. The quantitative estimate of drug-likeness (QED) is 0.279. The normalized spacial score (nSPS) is 23.9. The molecule has 3 rings (SSSR count). The largest absolute Gasteiger partial charge is 0.511 e. The van der Waals surface area contributed by atoms with Crippen LogP contribution in [0.5, 0.6) is 0 Å². The summed E-state index contributed by atoms with van der Waals surface area (Å²) >= 11 is 1.37. The lowest BCUT2D eigenvalue weighted by atomic mass is 9.96. The summed E-state index contributed by atoms with van der Waals surface area (Å²) in [6, 6.07) is 7.45. The number of thioether (sulfide) groups is 1. The minimum absolute atomic E-state index is 0.0773. The third kappa shape index (κ3) is 5.09. The first-order valence-corrected chi connectivity index (χ1v) is 11.0. The third-order valence-electron chi connectivity index (χ3n) is 4.96. The highest BCUT2D eigenvalue weighted by atomic mass is 32.2. The fraction of sp³-hybridized carbons (Fsp3) is 0.524. The van der Waals surface area contributed by atoms with Crippen LogP contribution in [0.2, 0.25) is 0 Å². The summed E-state index contributed by atoms with van der Waals surface area (Å²) in [4.78, 5) is 50.4. The van der Waals surface area contributed by atoms with E-state index in [0.29, 0.717) is 0 Å². The van der Waals surface area contributed by atoms with Crippen LogP contribution in [0.15, 0.2) is 30.3 Å². The Labute approximate surface area is 189 Å². The van der Waals surface area contributed by atoms with E-state index in [4.69, 9.17) is 14.2 Å². The zero-order chi connectivity index (χ0) is 23.5. The minimum Gasteiger partial charge on any atom is -0.445 e. The molecule has 0 spiro atoms. The molecule has 1 aromatic carbocycles. The Hall–Kier alpha value is -2.95. The molecule has 1 N–H and O–H groups in total. The van der Waals surface area contributed by atoms with E-state index in [9.17, 15) is 19.2 Å². The first kappa shape index (κ1) is 23.7. The van der Waals surface area contributed by atoms with E-state index in [0.717, 1.165) is 5.56 Å². The fourth-order valence-electron chi connectivity index (χ4n) is 3.56. The van der Waals surface area contributed by atoms with E-state index in [1.54, 1.807) is 20.8 Å². The van der Waals surface area contributed by atoms with E-state index in [1.807, 2.05) is 30.3 Å². The average Bonchev–Trinajstić information content (AvgIpc) is 2.99. The molecule has 0 saturated carbocycles. The van der Waals surface area contributed by atoms with Gasteiger partial charge in [-0.3, -0.25) is 4.79 Å². The maximum Gasteiger partial charge on any atom is 0.511 e. The monoisotopic (exact) mass is 466 g/mol. The Kier molecular flexibility index (Phi) is 7.17. The highest BCUT2D eigenvalue weighted by Crippen LogP contribution is 2.51. The Bertz CT molecular complexity index is 878. The van der Waals surface area contributed by atoms with Crippen LogP contribution in [-0.4, -0.2) is 64.1 Å². The maximum atomic E-state index is 12.8. The van der Waals surface area contributed by atoms with Gasteiger partial charge in [0.2, 0.25) is 12.2 Å². The van der Waals surface area contributed by atoms with Crippen molar-refractivity contribution in [1.29, 1.82) is 0 Å². The minimum atomic E-state index is -1.18. The van der Waals surface area contributed by atoms with Crippen LogP contribution in [0.25, 0.3) is 0 Å². The molecule has 2 saturated heterocycles. The number of ether oxygens (including phenoxy) is 4. The molecule has 2 aliphatic heterocycles. The molecular formula is C21H26N2O8S. The predicted octanol–water partition coefficient (Wildman–Crippen LogP) is 2.41. The van der Waals surface area contributed by atoms with Crippen molar-refractivity contribution in [3.8, 4) is 0 Å². The fourth-order valence-corrected chi connectivity index (χ4v) is 5.18. The van der Waals surface area contributed by atoms with Crippen LogP contribution >= 0.6 is 11.8 Å². The Morgan fingerprint density at radius 2 is 1.84 bits per heavy atom. The highest BCUT2D eigenvalue weighted by Gasteiger charge is 2.64. The first-order chi connectivity index (χ1) is 15.1. The Morgan fingerprint density at radius 3 is 2.50 bits per heavy atom. The van der Waals surface area contributed by atoms with Crippen molar-refractivity contribution >= 4 is 35.9 Å². The lowest BCUT2D eigenvalue weighted by molar-refractivity contribution is -0.180. The number of alkyl carbamates (subject to hydrolysis) is 1. The van der Waals surface area contributed by atoms with E-state index in [-0.39, 0.29) is 13.2 Å². The van der Waals surface area contributed by atoms with E-state index in [1.165, 1.54) is 23.6 Å². The van der Waals surface area contributed by atoms with Gasteiger partial charge in [-0.2, -0.15) is 0 Å². The van der Waals surface area contributed by atoms with Crippen LogP contribution in [0.1, 0.15) is 33.3 Å². The lowest BCUT2D eigenvalue weighted by Gasteiger charge is -2.43. The smallest absolute Gasteiger partial charge is 0.445 e. The lowest BCUT2D eigenvalue weighted by Crippen LogP contribution is -2.70. The van der Waals surface area contributed by atoms with Gasteiger partial charge in [0.05, 0.1) is 6.61 Å². The first-order valence-electron chi connectivity index (χ1n) is 10.1. The molecule has 2 amide bonds. The van der Waals surface area contributed by atoms with E-state index in [2.05, 4.69) is 10.1 Å². The van der Waals surface area contributed by atoms with Gasteiger partial charge in [0.25, 0.3) is 0 Å². The van der Waals surface area contributed by atoms with Gasteiger partial charge in [-0.15, -0.1) is 11.8 Å². The third-order valence-corrected chi connectivity index (χ3v) is 6.53. The SMILES string of the molecule is CCOC(=O)OC(C)OC(=O)[C@@H]1N2C(=O)[C@@H](NC(=O)OCc3ccccc3)[C@H]2SC1(C)C. The maximum absolute atomic E-state index is 12.8. The van der Waals surface area contributed by atoms with Gasteiger partial charge >= 0.3 is 18.2 Å². The molecule has 1 aromatic rings. The number of hydrogen-bond acceptors (Lipinski definition) is 9. The van der Waals surface area contributed by atoms with Crippen molar-refractivity contribution in [3.05, 3.63) is 35.9 Å². The molecule has 32 heavy (non-hydrogen) atoms. The van der Waals surface area contributed by atoms with Crippen molar-refractivity contribution in [2.75, 3.05) is 6.61 Å². The van der Waals surface area contributed by atoms with Gasteiger partial charge in [0.15, 0.2) is 0 Å². The Morgan fingerprint density at radius 1 is 1.16 bits per heavy atom. The average molecular weight is 467 g/mol. The summed E-state index contributed by atoms with van der Waals surface area (Å²) in [6.07, 6.45) is -2.85. The van der Waals surface area contributed by atoms with Crippen LogP contribution in [0, 0.1) is 0 Å². The number of amides is 2. The summed E-state index contributed by atoms with van der Waals surface area (Å²) in [5, 5.41) is 2.13. The van der Waals surface area contributed by atoms with Crippen LogP contribution in [-0.2, 0) is 35.1 Å². The molecule has 0 aliphatic carbocycles. The van der Waals surface area contributed by atoms with Crippen molar-refractivity contribution in [2.24, 2.45) is 0 Å². The van der Waals surface area contributed by atoms with Crippen LogP contribution in [0.4, 0.5) is 9.59 Å². The van der Waals surface area contributed by atoms with Gasteiger partial charge in [-0.05, 0) is 26.3 Å². The van der Waals surface area contributed by atoms with Crippen LogP contribution in [0.3, 0.4) is 0 Å². The van der Waals surface area contributed by atoms with Gasteiger partial charge in [-0.1, -0.05) is 30.3 Å². The van der Waals surface area contributed by atoms with Crippen molar-refractivity contribution < 1.29 is 38.1 Å². The predicted molar refractivity (Wildman–Crippen MR) is 113 cm³/mol. The standard InChI is InChI=1S/C21H26N2O8S/c1-5-28-20(27)31-12(2)30-18(25)15-21(3,4)32-17-14(16(24)23(15)17)22-19(26)29-11-13-9-7-6-8-10-13/h6-10,12,14-15,17H,5,11H2,1-4H3,(H,22,26)/t12?,14-,15+,17-/m1/s1. The molecule has 0 bridgehead atoms. The highest BCUT2D eigenvalue weighted by molar-refractivity contribution is 8.01. The van der Waals surface area contributed by atoms with Crippen molar-refractivity contribution in [1.82, 2.24) is 10.2 Å². The van der Waals surface area contributed by atoms with Gasteiger partial charge in [0.1, 0.15) is 24.1 Å². The number of hydrogen-bond donors (Lipinski definition) is 1. The number of esters is 1. The number of β-lactam (4-membered cyclic amide) rings is 1. The van der Waals surface area contributed by atoms with Crippen LogP contribution < -0.4 is 5.32 Å². The number of carbonyl (C=O) groups excluding carboxylic acids is 4. The molecule has 11 heteroatoms. The second-order valence-electron chi connectivity index (χ2n) is 7.75. The topological polar surface area (TPSA) is 120 Å². The number of rotatable bonds is 7. The molecule has 2 heterocycles. The summed E-state index contributed by atoms with van der Waals surface area (Å²) in [6.45, 7) is 6.81. The molecule has 4 atom stereocenters. The van der Waals surface area contributed by atoms with Gasteiger partial charge in [-0.25, -0.2) is 14.4 Å². The number of carbonyl (C=O) groups is 4. The second kappa shape index (κ2) is 9.68.